The molecule has 0 aliphatic carbocycles. The predicted molar refractivity (Wildman–Crippen MR) is 54.6 cm³/mol. The van der Waals surface area contributed by atoms with Crippen LogP contribution in [0.5, 0.6) is 11.5 Å². The second kappa shape index (κ2) is 3.46. The predicted octanol–water partition coefficient (Wildman–Crippen LogP) is 3.14. The van der Waals surface area contributed by atoms with E-state index in [9.17, 15) is 9.50 Å². The number of phenolic OH excluding ortho intramolecular Hbond substituents is 1. The molecule has 1 aromatic heterocycles. The van der Waals surface area contributed by atoms with Crippen LogP contribution in [0.4, 0.5) is 4.39 Å². The Labute approximate surface area is 84.6 Å². The molecule has 0 radical (unpaired) electrons. The SMILES string of the molecule is CCOc1ccc2c(F)csc2c1O. The second-order valence-corrected chi connectivity index (χ2v) is 3.69. The van der Waals surface area contributed by atoms with E-state index in [2.05, 4.69) is 0 Å². The molecule has 1 aromatic carbocycles. The highest BCUT2D eigenvalue weighted by molar-refractivity contribution is 7.17. The van der Waals surface area contributed by atoms with Gasteiger partial charge < -0.3 is 9.84 Å². The Kier molecular flexibility index (Phi) is 2.29. The molecule has 14 heavy (non-hydrogen) atoms. The minimum absolute atomic E-state index is 0.0262. The Hall–Kier alpha value is -1.29. The van der Waals surface area contributed by atoms with Crippen LogP contribution in [0.25, 0.3) is 10.1 Å². The normalized spacial score (nSPS) is 10.7. The number of aromatic hydroxyl groups is 1. The number of halogens is 1. The quantitative estimate of drug-likeness (QED) is 0.828. The fraction of sp³-hybridized carbons (Fsp3) is 0.200. The Morgan fingerprint density at radius 1 is 1.50 bits per heavy atom. The zero-order valence-corrected chi connectivity index (χ0v) is 8.40. The van der Waals surface area contributed by atoms with Gasteiger partial charge in [0, 0.05) is 10.8 Å². The van der Waals surface area contributed by atoms with Crippen molar-refractivity contribution in [2.24, 2.45) is 0 Å². The summed E-state index contributed by atoms with van der Waals surface area (Å²) >= 11 is 1.18. The highest BCUT2D eigenvalue weighted by atomic mass is 32.1. The van der Waals surface area contributed by atoms with Crippen molar-refractivity contribution in [1.82, 2.24) is 0 Å². The number of fused-ring (bicyclic) bond motifs is 1. The molecule has 2 nitrogen and oxygen atoms in total. The van der Waals surface area contributed by atoms with Crippen molar-refractivity contribution < 1.29 is 14.2 Å². The van der Waals surface area contributed by atoms with Crippen LogP contribution in [0, 0.1) is 5.82 Å². The standard InChI is InChI=1S/C10H9FO2S/c1-2-13-8-4-3-6-7(11)5-14-10(6)9(8)12/h3-5,12H,2H2,1H3. The second-order valence-electron chi connectivity index (χ2n) is 2.81. The largest absolute Gasteiger partial charge is 0.503 e. The molecule has 0 atom stereocenters. The van der Waals surface area contributed by atoms with Gasteiger partial charge in [0.1, 0.15) is 5.82 Å². The Morgan fingerprint density at radius 3 is 3.00 bits per heavy atom. The lowest BCUT2D eigenvalue weighted by atomic mass is 10.2. The van der Waals surface area contributed by atoms with Crippen molar-refractivity contribution in [1.29, 1.82) is 0 Å². The molecule has 0 aliphatic heterocycles. The summed E-state index contributed by atoms with van der Waals surface area (Å²) in [4.78, 5) is 0. The highest BCUT2D eigenvalue weighted by Crippen LogP contribution is 2.39. The van der Waals surface area contributed by atoms with Crippen LogP contribution in [-0.4, -0.2) is 11.7 Å². The third-order valence-electron chi connectivity index (χ3n) is 1.93. The number of ether oxygens (including phenoxy) is 1. The molecule has 2 aromatic rings. The number of hydrogen-bond acceptors (Lipinski definition) is 3. The smallest absolute Gasteiger partial charge is 0.176 e. The van der Waals surface area contributed by atoms with Crippen molar-refractivity contribution in [3.05, 3.63) is 23.3 Å². The van der Waals surface area contributed by atoms with E-state index in [1.165, 1.54) is 16.7 Å². The lowest BCUT2D eigenvalue weighted by molar-refractivity contribution is 0.320. The van der Waals surface area contributed by atoms with E-state index < -0.39 is 0 Å². The van der Waals surface area contributed by atoms with Gasteiger partial charge in [-0.05, 0) is 19.1 Å². The van der Waals surface area contributed by atoms with Gasteiger partial charge in [-0.15, -0.1) is 11.3 Å². The summed E-state index contributed by atoms with van der Waals surface area (Å²) in [5.74, 6) is 0.128. The maximum absolute atomic E-state index is 13.1. The third kappa shape index (κ3) is 1.32. The monoisotopic (exact) mass is 212 g/mol. The van der Waals surface area contributed by atoms with Gasteiger partial charge in [-0.3, -0.25) is 0 Å². The number of thiophene rings is 1. The lowest BCUT2D eigenvalue weighted by Crippen LogP contribution is -1.91. The third-order valence-corrected chi connectivity index (χ3v) is 2.91. The molecule has 74 valence electrons. The van der Waals surface area contributed by atoms with E-state index in [4.69, 9.17) is 4.74 Å². The Morgan fingerprint density at radius 2 is 2.29 bits per heavy atom. The van der Waals surface area contributed by atoms with E-state index in [-0.39, 0.29) is 11.6 Å². The van der Waals surface area contributed by atoms with Gasteiger partial charge >= 0.3 is 0 Å². The fourth-order valence-electron chi connectivity index (χ4n) is 1.31. The van der Waals surface area contributed by atoms with Crippen LogP contribution in [0.2, 0.25) is 0 Å². The Bertz CT molecular complexity index is 464. The maximum atomic E-state index is 13.1. The first kappa shape index (κ1) is 9.27. The van der Waals surface area contributed by atoms with Crippen molar-refractivity contribution in [2.75, 3.05) is 6.61 Å². The zero-order valence-electron chi connectivity index (χ0n) is 7.58. The van der Waals surface area contributed by atoms with E-state index in [0.717, 1.165) is 0 Å². The van der Waals surface area contributed by atoms with Gasteiger partial charge in [-0.1, -0.05) is 0 Å². The first-order valence-electron chi connectivity index (χ1n) is 4.25. The van der Waals surface area contributed by atoms with Gasteiger partial charge in [0.05, 0.1) is 11.3 Å². The van der Waals surface area contributed by atoms with Crippen molar-refractivity contribution in [3.63, 3.8) is 0 Å². The zero-order chi connectivity index (χ0) is 10.1. The molecule has 0 fully saturated rings. The average Bonchev–Trinajstić information content (AvgIpc) is 2.54. The maximum Gasteiger partial charge on any atom is 0.176 e. The highest BCUT2D eigenvalue weighted by Gasteiger charge is 2.11. The summed E-state index contributed by atoms with van der Waals surface area (Å²) in [7, 11) is 0. The van der Waals surface area contributed by atoms with Crippen molar-refractivity contribution in [3.8, 4) is 11.5 Å². The summed E-state index contributed by atoms with van der Waals surface area (Å²) in [5.41, 5.74) is 0. The van der Waals surface area contributed by atoms with Gasteiger partial charge in [-0.25, -0.2) is 4.39 Å². The molecule has 1 heterocycles. The molecule has 0 amide bonds. The first-order valence-corrected chi connectivity index (χ1v) is 5.13. The van der Waals surface area contributed by atoms with Crippen LogP contribution in [-0.2, 0) is 0 Å². The van der Waals surface area contributed by atoms with Crippen LogP contribution in [0.15, 0.2) is 17.5 Å². The van der Waals surface area contributed by atoms with Gasteiger partial charge in [0.2, 0.25) is 0 Å². The van der Waals surface area contributed by atoms with E-state index in [0.29, 0.717) is 22.4 Å². The molecule has 0 spiro atoms. The van der Waals surface area contributed by atoms with E-state index in [1.807, 2.05) is 6.92 Å². The first-order chi connectivity index (χ1) is 6.74. The number of benzene rings is 1. The summed E-state index contributed by atoms with van der Waals surface area (Å²) in [5, 5.41) is 11.5. The van der Waals surface area contributed by atoms with Crippen LogP contribution >= 0.6 is 11.3 Å². The van der Waals surface area contributed by atoms with Crippen LogP contribution in [0.3, 0.4) is 0 Å². The molecule has 0 saturated heterocycles. The fourth-order valence-corrected chi connectivity index (χ4v) is 2.16. The molecule has 2 rings (SSSR count). The molecule has 1 N–H and O–H groups in total. The molecule has 0 saturated carbocycles. The number of phenols is 1. The average molecular weight is 212 g/mol. The van der Waals surface area contributed by atoms with E-state index >= 15 is 0 Å². The molecule has 4 heteroatoms. The van der Waals surface area contributed by atoms with Crippen molar-refractivity contribution in [2.45, 2.75) is 6.92 Å². The number of rotatable bonds is 2. The van der Waals surface area contributed by atoms with E-state index in [1.54, 1.807) is 12.1 Å². The van der Waals surface area contributed by atoms with Crippen LogP contribution < -0.4 is 4.74 Å². The van der Waals surface area contributed by atoms with Gasteiger partial charge in [-0.2, -0.15) is 0 Å². The minimum atomic E-state index is -0.302. The Balaban J connectivity index is 2.63. The molecule has 0 bridgehead atoms. The molecule has 0 aliphatic rings. The van der Waals surface area contributed by atoms with Gasteiger partial charge in [0.25, 0.3) is 0 Å². The van der Waals surface area contributed by atoms with Gasteiger partial charge in [0.15, 0.2) is 11.5 Å². The topological polar surface area (TPSA) is 29.5 Å². The summed E-state index contributed by atoms with van der Waals surface area (Å²) < 4.78 is 18.8. The molecule has 0 unspecified atom stereocenters. The molecular formula is C10H9FO2S. The summed E-state index contributed by atoms with van der Waals surface area (Å²) in [6, 6.07) is 3.20. The lowest BCUT2D eigenvalue weighted by Gasteiger charge is -2.05. The molecular weight excluding hydrogens is 203 g/mol. The summed E-state index contributed by atoms with van der Waals surface area (Å²) in [6.45, 7) is 2.31. The number of hydrogen-bond donors (Lipinski definition) is 1. The minimum Gasteiger partial charge on any atom is -0.503 e. The van der Waals surface area contributed by atoms with Crippen LogP contribution in [0.1, 0.15) is 6.92 Å². The van der Waals surface area contributed by atoms with Crippen molar-refractivity contribution >= 4 is 21.4 Å². The summed E-state index contributed by atoms with van der Waals surface area (Å²) in [6.07, 6.45) is 0.